The highest BCUT2D eigenvalue weighted by atomic mass is 16.3. The molecule has 3 heterocycles. The van der Waals surface area contributed by atoms with Crippen LogP contribution in [0.2, 0.25) is 0 Å². The average molecular weight is 703 g/mol. The first-order valence-corrected chi connectivity index (χ1v) is 18.4. The van der Waals surface area contributed by atoms with Crippen molar-refractivity contribution >= 4 is 54.4 Å². The molecule has 0 unspecified atom stereocenters. The highest BCUT2D eigenvalue weighted by Crippen LogP contribution is 2.42. The fourth-order valence-electron chi connectivity index (χ4n) is 8.04. The number of furan rings is 1. The Morgan fingerprint density at radius 1 is 0.291 bits per heavy atom. The fraction of sp³-hybridized carbons (Fsp3) is 0. The summed E-state index contributed by atoms with van der Waals surface area (Å²) in [6, 6.07) is 62.8. The van der Waals surface area contributed by atoms with Gasteiger partial charge in [0.15, 0.2) is 17.5 Å². The van der Waals surface area contributed by atoms with Crippen LogP contribution in [0.3, 0.4) is 0 Å². The summed E-state index contributed by atoms with van der Waals surface area (Å²) in [5, 5.41) is 8.58. The van der Waals surface area contributed by atoms with Crippen LogP contribution in [0.1, 0.15) is 0 Å². The number of nitrogens with zero attached hydrogens (tertiary/aromatic N) is 4. The second-order valence-corrected chi connectivity index (χ2v) is 13.7. The summed E-state index contributed by atoms with van der Waals surface area (Å²) in [7, 11) is 0. The van der Waals surface area contributed by atoms with Crippen molar-refractivity contribution in [3.05, 3.63) is 182 Å². The predicted octanol–water partition coefficient (Wildman–Crippen LogP) is 13.0. The summed E-state index contributed by atoms with van der Waals surface area (Å²) in [6.07, 6.45) is 0. The molecule has 0 saturated carbocycles. The van der Waals surface area contributed by atoms with Gasteiger partial charge in [0.1, 0.15) is 5.58 Å². The second-order valence-electron chi connectivity index (χ2n) is 13.7. The Hall–Kier alpha value is -7.50. The molecule has 11 rings (SSSR count). The summed E-state index contributed by atoms with van der Waals surface area (Å²) in [5.41, 5.74) is 8.47. The van der Waals surface area contributed by atoms with Gasteiger partial charge in [-0.25, -0.2) is 19.9 Å². The van der Waals surface area contributed by atoms with Crippen LogP contribution < -0.4 is 0 Å². The molecule has 0 N–H and O–H groups in total. The lowest BCUT2D eigenvalue weighted by atomic mass is 9.93. The Labute approximate surface area is 316 Å². The quantitative estimate of drug-likeness (QED) is 0.179. The van der Waals surface area contributed by atoms with E-state index < -0.39 is 0 Å². The molecule has 0 bridgehead atoms. The van der Waals surface area contributed by atoms with E-state index in [0.29, 0.717) is 23.2 Å². The minimum absolute atomic E-state index is 0.605. The Kier molecular flexibility index (Phi) is 7.10. The van der Waals surface area contributed by atoms with Crippen molar-refractivity contribution in [2.45, 2.75) is 0 Å². The standard InChI is InChI=1S/C50H30N4O/c1-3-15-31(16-4-1)33-27-29-41(36-21-9-7-19-34(33)36)48-52-47(32-17-5-2-6-18-32)53-49(54-48)42-30-28-40(35-20-8-10-22-37(35)42)46-39-24-12-11-23-38(39)45-43-25-13-14-26-44(43)55-50(45)51-46/h1-30H. The van der Waals surface area contributed by atoms with Crippen LogP contribution in [-0.2, 0) is 0 Å². The van der Waals surface area contributed by atoms with Crippen LogP contribution >= 0.6 is 0 Å². The Morgan fingerprint density at radius 2 is 0.727 bits per heavy atom. The first-order valence-electron chi connectivity index (χ1n) is 18.4. The van der Waals surface area contributed by atoms with Crippen molar-refractivity contribution in [3.8, 4) is 56.5 Å². The van der Waals surface area contributed by atoms with Crippen molar-refractivity contribution in [1.82, 2.24) is 19.9 Å². The Morgan fingerprint density at radius 3 is 1.36 bits per heavy atom. The third-order valence-electron chi connectivity index (χ3n) is 10.6. The van der Waals surface area contributed by atoms with E-state index in [9.17, 15) is 0 Å². The van der Waals surface area contributed by atoms with Gasteiger partial charge in [0, 0.05) is 33.0 Å². The average Bonchev–Trinajstić information content (AvgIpc) is 3.65. The van der Waals surface area contributed by atoms with Gasteiger partial charge in [-0.3, -0.25) is 0 Å². The summed E-state index contributed by atoms with van der Waals surface area (Å²) in [4.78, 5) is 20.8. The third-order valence-corrected chi connectivity index (χ3v) is 10.6. The topological polar surface area (TPSA) is 64.7 Å². The van der Waals surface area contributed by atoms with Crippen LogP contribution in [0.4, 0.5) is 0 Å². The SMILES string of the molecule is c1ccc(-c2nc(-c3ccc(-c4ccccc4)c4ccccc34)nc(-c3ccc(-c4nc5oc6ccccc6c5c5ccccc45)c4ccccc34)n2)cc1. The molecular formula is C50H30N4O. The molecule has 5 nitrogen and oxygen atoms in total. The van der Waals surface area contributed by atoms with E-state index in [-0.39, 0.29) is 0 Å². The number of hydrogen-bond donors (Lipinski definition) is 0. The molecule has 0 radical (unpaired) electrons. The monoisotopic (exact) mass is 702 g/mol. The molecule has 256 valence electrons. The zero-order valence-electron chi connectivity index (χ0n) is 29.5. The molecule has 5 heteroatoms. The van der Waals surface area contributed by atoms with Crippen LogP contribution in [-0.4, -0.2) is 19.9 Å². The molecule has 11 aromatic rings. The number of benzene rings is 8. The zero-order valence-corrected chi connectivity index (χ0v) is 29.5. The van der Waals surface area contributed by atoms with E-state index in [4.69, 9.17) is 24.4 Å². The van der Waals surface area contributed by atoms with Crippen molar-refractivity contribution < 1.29 is 4.42 Å². The summed E-state index contributed by atoms with van der Waals surface area (Å²) in [5.74, 6) is 1.84. The smallest absolute Gasteiger partial charge is 0.228 e. The van der Waals surface area contributed by atoms with E-state index in [2.05, 4.69) is 127 Å². The number of hydrogen-bond acceptors (Lipinski definition) is 5. The Bertz CT molecular complexity index is 3260. The number of para-hydroxylation sites is 1. The lowest BCUT2D eigenvalue weighted by Gasteiger charge is -2.15. The van der Waals surface area contributed by atoms with Gasteiger partial charge in [-0.2, -0.15) is 0 Å². The van der Waals surface area contributed by atoms with Crippen molar-refractivity contribution in [1.29, 1.82) is 0 Å². The van der Waals surface area contributed by atoms with Crippen LogP contribution in [0.25, 0.3) is 111 Å². The molecule has 0 aliphatic rings. The molecular weight excluding hydrogens is 673 g/mol. The summed E-state index contributed by atoms with van der Waals surface area (Å²) in [6.45, 7) is 0. The number of rotatable bonds is 5. The van der Waals surface area contributed by atoms with Gasteiger partial charge in [-0.1, -0.05) is 164 Å². The largest absolute Gasteiger partial charge is 0.438 e. The molecule has 0 amide bonds. The van der Waals surface area contributed by atoms with Crippen molar-refractivity contribution in [2.75, 3.05) is 0 Å². The molecule has 0 saturated heterocycles. The molecule has 8 aromatic carbocycles. The van der Waals surface area contributed by atoms with Gasteiger partial charge in [0.2, 0.25) is 5.71 Å². The van der Waals surface area contributed by atoms with Crippen molar-refractivity contribution in [2.24, 2.45) is 0 Å². The molecule has 3 aromatic heterocycles. The predicted molar refractivity (Wildman–Crippen MR) is 225 cm³/mol. The third kappa shape index (κ3) is 5.09. The van der Waals surface area contributed by atoms with Crippen LogP contribution in [0, 0.1) is 0 Å². The zero-order chi connectivity index (χ0) is 36.3. The van der Waals surface area contributed by atoms with Gasteiger partial charge >= 0.3 is 0 Å². The maximum absolute atomic E-state index is 6.36. The van der Waals surface area contributed by atoms with Gasteiger partial charge in [-0.05, 0) is 56.3 Å². The highest BCUT2D eigenvalue weighted by molar-refractivity contribution is 6.21. The lowest BCUT2D eigenvalue weighted by molar-refractivity contribution is 0.655. The molecule has 55 heavy (non-hydrogen) atoms. The van der Waals surface area contributed by atoms with Crippen LogP contribution in [0.5, 0.6) is 0 Å². The maximum atomic E-state index is 6.36. The molecule has 0 spiro atoms. The minimum Gasteiger partial charge on any atom is -0.438 e. The van der Waals surface area contributed by atoms with E-state index in [1.165, 1.54) is 11.1 Å². The molecule has 0 fully saturated rings. The second kappa shape index (κ2) is 12.6. The number of aromatic nitrogens is 4. The first-order chi connectivity index (χ1) is 27.3. The van der Waals surface area contributed by atoms with Crippen LogP contribution in [0.15, 0.2) is 186 Å². The lowest BCUT2D eigenvalue weighted by Crippen LogP contribution is -2.01. The minimum atomic E-state index is 0.605. The van der Waals surface area contributed by atoms with E-state index in [0.717, 1.165) is 76.6 Å². The van der Waals surface area contributed by atoms with E-state index in [1.54, 1.807) is 0 Å². The van der Waals surface area contributed by atoms with E-state index >= 15 is 0 Å². The van der Waals surface area contributed by atoms with Crippen molar-refractivity contribution in [3.63, 3.8) is 0 Å². The molecule has 0 aliphatic carbocycles. The number of pyridine rings is 1. The van der Waals surface area contributed by atoms with E-state index in [1.807, 2.05) is 54.6 Å². The Balaban J connectivity index is 1.14. The first kappa shape index (κ1) is 31.1. The summed E-state index contributed by atoms with van der Waals surface area (Å²) < 4.78 is 6.36. The number of fused-ring (bicyclic) bond motifs is 7. The van der Waals surface area contributed by atoms with Gasteiger partial charge in [0.05, 0.1) is 11.1 Å². The summed E-state index contributed by atoms with van der Waals surface area (Å²) >= 11 is 0. The molecule has 0 atom stereocenters. The molecule has 0 aliphatic heterocycles. The van der Waals surface area contributed by atoms with Gasteiger partial charge in [-0.15, -0.1) is 0 Å². The maximum Gasteiger partial charge on any atom is 0.228 e. The van der Waals surface area contributed by atoms with Gasteiger partial charge < -0.3 is 4.42 Å². The fourth-order valence-corrected chi connectivity index (χ4v) is 8.04. The normalized spacial score (nSPS) is 11.6. The highest BCUT2D eigenvalue weighted by Gasteiger charge is 2.21. The van der Waals surface area contributed by atoms with Gasteiger partial charge in [0.25, 0.3) is 0 Å².